The van der Waals surface area contributed by atoms with Crippen LogP contribution in [0.5, 0.6) is 5.75 Å². The highest BCUT2D eigenvalue weighted by molar-refractivity contribution is 7.16. The molecule has 0 aliphatic heterocycles. The normalized spacial score (nSPS) is 11.6. The van der Waals surface area contributed by atoms with Crippen LogP contribution in [-0.2, 0) is 0 Å². The Morgan fingerprint density at radius 3 is 2.36 bits per heavy atom. The van der Waals surface area contributed by atoms with Crippen LogP contribution in [0.3, 0.4) is 0 Å². The zero-order chi connectivity index (χ0) is 23.4. The van der Waals surface area contributed by atoms with E-state index in [1.54, 1.807) is 30.6 Å². The van der Waals surface area contributed by atoms with Gasteiger partial charge in [0.2, 0.25) is 5.95 Å². The van der Waals surface area contributed by atoms with Gasteiger partial charge in [0.05, 0.1) is 13.2 Å². The van der Waals surface area contributed by atoms with Gasteiger partial charge in [-0.25, -0.2) is 9.97 Å². The van der Waals surface area contributed by atoms with E-state index in [1.165, 1.54) is 0 Å². The number of hydrogen-bond acceptors (Lipinski definition) is 6. The summed E-state index contributed by atoms with van der Waals surface area (Å²) in [5, 5.41) is 7.37. The smallest absolute Gasteiger partial charge is 0.256 e. The largest absolute Gasteiger partial charge is 0.497 e. The molecule has 1 amide bonds. The fraction of sp³-hybridized carbons (Fsp3) is 0.192. The van der Waals surface area contributed by atoms with Gasteiger partial charge in [0, 0.05) is 27.4 Å². The van der Waals surface area contributed by atoms with Gasteiger partial charge in [-0.2, -0.15) is 0 Å². The minimum absolute atomic E-state index is 0.147. The van der Waals surface area contributed by atoms with E-state index in [0.717, 1.165) is 38.1 Å². The van der Waals surface area contributed by atoms with Crippen molar-refractivity contribution < 1.29 is 9.53 Å². The zero-order valence-electron chi connectivity index (χ0n) is 19.0. The number of benzene rings is 2. The Kier molecular flexibility index (Phi) is 6.70. The lowest BCUT2D eigenvalue weighted by Crippen LogP contribution is -2.18. The van der Waals surface area contributed by atoms with Crippen LogP contribution in [0.25, 0.3) is 0 Å². The lowest BCUT2D eigenvalue weighted by Gasteiger charge is -2.21. The summed E-state index contributed by atoms with van der Waals surface area (Å²) in [6.07, 6.45) is 0. The molecule has 2 aromatic carbocycles. The first kappa shape index (κ1) is 22.5. The first-order valence-electron chi connectivity index (χ1n) is 10.6. The Morgan fingerprint density at radius 1 is 0.939 bits per heavy atom. The molecule has 0 unspecified atom stereocenters. The monoisotopic (exact) mass is 458 g/mol. The number of carbonyl (C=O) groups is 1. The summed E-state index contributed by atoms with van der Waals surface area (Å²) in [6, 6.07) is 20.8. The van der Waals surface area contributed by atoms with Crippen LogP contribution in [0.1, 0.15) is 43.8 Å². The van der Waals surface area contributed by atoms with Gasteiger partial charge in [-0.1, -0.05) is 30.3 Å². The average molecular weight is 459 g/mol. The summed E-state index contributed by atoms with van der Waals surface area (Å²) in [4.78, 5) is 23.2. The van der Waals surface area contributed by atoms with E-state index in [9.17, 15) is 4.79 Å². The molecule has 0 bridgehead atoms. The summed E-state index contributed by atoms with van der Waals surface area (Å²) in [6.45, 7) is 5.92. The molecule has 168 valence electrons. The molecule has 2 N–H and O–H groups in total. The number of aromatic nitrogens is 2. The number of nitrogens with zero attached hydrogens (tertiary/aromatic N) is 2. The number of methoxy groups -OCH3 is 1. The minimum Gasteiger partial charge on any atom is -0.497 e. The molecule has 7 heteroatoms. The summed E-state index contributed by atoms with van der Waals surface area (Å²) < 4.78 is 5.46. The molecule has 2 heterocycles. The SMILES string of the molecule is COc1cccc([C@@H](Nc2nc(C)cc(C)n2)c2cc(C)sc2NC(=O)c2ccccc2)c1. The van der Waals surface area contributed by atoms with Crippen molar-refractivity contribution in [2.45, 2.75) is 26.8 Å². The van der Waals surface area contributed by atoms with Crippen molar-refractivity contribution in [2.75, 3.05) is 17.7 Å². The molecule has 4 aromatic rings. The number of amides is 1. The van der Waals surface area contributed by atoms with Crippen molar-refractivity contribution in [3.63, 3.8) is 0 Å². The van der Waals surface area contributed by atoms with Crippen molar-refractivity contribution >= 4 is 28.2 Å². The number of carbonyl (C=O) groups excluding carboxylic acids is 1. The van der Waals surface area contributed by atoms with E-state index in [1.807, 2.05) is 69.3 Å². The predicted molar refractivity (Wildman–Crippen MR) is 133 cm³/mol. The van der Waals surface area contributed by atoms with Crippen LogP contribution in [0, 0.1) is 20.8 Å². The number of rotatable bonds is 7. The van der Waals surface area contributed by atoms with E-state index in [0.29, 0.717) is 11.5 Å². The van der Waals surface area contributed by atoms with Gasteiger partial charge in [0.1, 0.15) is 10.8 Å². The molecule has 0 aliphatic carbocycles. The van der Waals surface area contributed by atoms with Crippen molar-refractivity contribution in [3.8, 4) is 5.75 Å². The van der Waals surface area contributed by atoms with E-state index in [2.05, 4.69) is 26.7 Å². The van der Waals surface area contributed by atoms with Crippen molar-refractivity contribution in [1.82, 2.24) is 9.97 Å². The Labute approximate surface area is 197 Å². The molecule has 1 atom stereocenters. The zero-order valence-corrected chi connectivity index (χ0v) is 19.9. The Balaban J connectivity index is 1.76. The molecule has 0 radical (unpaired) electrons. The van der Waals surface area contributed by atoms with E-state index >= 15 is 0 Å². The molecule has 0 spiro atoms. The van der Waals surface area contributed by atoms with Crippen LogP contribution in [0.2, 0.25) is 0 Å². The molecule has 0 saturated heterocycles. The number of thiophene rings is 1. The van der Waals surface area contributed by atoms with Gasteiger partial charge in [0.15, 0.2) is 0 Å². The molecule has 0 fully saturated rings. The Bertz CT molecular complexity index is 1250. The maximum absolute atomic E-state index is 12.9. The quantitative estimate of drug-likeness (QED) is 0.359. The van der Waals surface area contributed by atoms with Gasteiger partial charge in [-0.05, 0) is 62.7 Å². The van der Waals surface area contributed by atoms with Crippen LogP contribution in [0.15, 0.2) is 66.7 Å². The lowest BCUT2D eigenvalue weighted by molar-refractivity contribution is 0.102. The fourth-order valence-electron chi connectivity index (χ4n) is 3.69. The summed E-state index contributed by atoms with van der Waals surface area (Å²) in [5.41, 5.74) is 4.29. The van der Waals surface area contributed by atoms with Crippen LogP contribution >= 0.6 is 11.3 Å². The number of anilines is 2. The second kappa shape index (κ2) is 9.83. The number of ether oxygens (including phenoxy) is 1. The van der Waals surface area contributed by atoms with Crippen molar-refractivity contribution in [1.29, 1.82) is 0 Å². The first-order valence-corrected chi connectivity index (χ1v) is 11.4. The summed E-state index contributed by atoms with van der Waals surface area (Å²) >= 11 is 1.54. The molecule has 2 aromatic heterocycles. The maximum Gasteiger partial charge on any atom is 0.256 e. The first-order chi connectivity index (χ1) is 15.9. The summed E-state index contributed by atoms with van der Waals surface area (Å²) in [7, 11) is 1.65. The van der Waals surface area contributed by atoms with Crippen molar-refractivity contribution in [3.05, 3.63) is 99.7 Å². The third-order valence-corrected chi connectivity index (χ3v) is 6.12. The number of hydrogen-bond donors (Lipinski definition) is 2. The third kappa shape index (κ3) is 5.38. The van der Waals surface area contributed by atoms with Crippen LogP contribution in [0.4, 0.5) is 10.9 Å². The highest BCUT2D eigenvalue weighted by atomic mass is 32.1. The Morgan fingerprint density at radius 2 is 1.67 bits per heavy atom. The maximum atomic E-state index is 12.9. The van der Waals surface area contributed by atoms with Gasteiger partial charge >= 0.3 is 0 Å². The minimum atomic E-state index is -0.294. The van der Waals surface area contributed by atoms with Gasteiger partial charge in [-0.3, -0.25) is 4.79 Å². The van der Waals surface area contributed by atoms with Crippen LogP contribution in [-0.4, -0.2) is 23.0 Å². The summed E-state index contributed by atoms with van der Waals surface area (Å²) in [5.74, 6) is 1.14. The fourth-order valence-corrected chi connectivity index (χ4v) is 4.64. The number of aryl methyl sites for hydroxylation is 3. The standard InChI is InChI=1S/C26H26N4O2S/c1-16-13-17(2)28-26(27-16)29-23(20-11-8-12-21(15-20)32-4)22-14-18(3)33-25(22)30-24(31)19-9-6-5-7-10-19/h5-15,23H,1-4H3,(H,30,31)(H,27,28,29)/t23-/m1/s1. The second-order valence-corrected chi connectivity index (χ2v) is 9.05. The average Bonchev–Trinajstić information content (AvgIpc) is 3.17. The topological polar surface area (TPSA) is 76.1 Å². The van der Waals surface area contributed by atoms with Gasteiger partial charge in [0.25, 0.3) is 5.91 Å². The highest BCUT2D eigenvalue weighted by Gasteiger charge is 2.23. The molecule has 6 nitrogen and oxygen atoms in total. The molecule has 0 saturated carbocycles. The highest BCUT2D eigenvalue weighted by Crippen LogP contribution is 2.38. The van der Waals surface area contributed by atoms with E-state index < -0.39 is 0 Å². The van der Waals surface area contributed by atoms with E-state index in [4.69, 9.17) is 4.74 Å². The van der Waals surface area contributed by atoms with Gasteiger partial charge < -0.3 is 15.4 Å². The molecule has 4 rings (SSSR count). The molecule has 0 aliphatic rings. The number of nitrogens with one attached hydrogen (secondary N) is 2. The molecular formula is C26H26N4O2S. The molecular weight excluding hydrogens is 432 g/mol. The Hall–Kier alpha value is -3.71. The lowest BCUT2D eigenvalue weighted by atomic mass is 9.99. The van der Waals surface area contributed by atoms with E-state index in [-0.39, 0.29) is 11.9 Å². The second-order valence-electron chi connectivity index (χ2n) is 7.79. The predicted octanol–water partition coefficient (Wildman–Crippen LogP) is 5.93. The van der Waals surface area contributed by atoms with Crippen molar-refractivity contribution in [2.24, 2.45) is 0 Å². The van der Waals surface area contributed by atoms with Crippen LogP contribution < -0.4 is 15.4 Å². The molecule has 33 heavy (non-hydrogen) atoms. The van der Waals surface area contributed by atoms with Gasteiger partial charge in [-0.15, -0.1) is 11.3 Å². The third-order valence-electron chi connectivity index (χ3n) is 5.14.